The summed E-state index contributed by atoms with van der Waals surface area (Å²) < 4.78 is 34.9. The minimum atomic E-state index is -3.45. The van der Waals surface area contributed by atoms with Gasteiger partial charge in [-0.2, -0.15) is 23.1 Å². The molecule has 0 aliphatic heterocycles. The van der Waals surface area contributed by atoms with Gasteiger partial charge in [-0.3, -0.25) is 0 Å². The molecule has 0 aromatic heterocycles. The highest BCUT2D eigenvalue weighted by atomic mass is 32.2. The molecule has 2 N–H and O–H groups in total. The zero-order valence-corrected chi connectivity index (χ0v) is 14.3. The molecule has 1 aliphatic rings. The fraction of sp³-hybridized carbons (Fsp3) is 0.562. The predicted octanol–water partition coefficient (Wildman–Crippen LogP) is 2.08. The van der Waals surface area contributed by atoms with Crippen molar-refractivity contribution in [3.05, 3.63) is 29.8 Å². The number of ether oxygens (including phenoxy) is 1. The molecule has 0 saturated heterocycles. The van der Waals surface area contributed by atoms with Crippen LogP contribution >= 0.6 is 0 Å². The topological polar surface area (TPSA) is 91.2 Å². The van der Waals surface area contributed by atoms with Crippen LogP contribution in [0.25, 0.3) is 0 Å². The van der Waals surface area contributed by atoms with Crippen molar-refractivity contribution in [1.82, 2.24) is 9.44 Å². The third-order valence-electron chi connectivity index (χ3n) is 3.69. The Kier molecular flexibility index (Phi) is 5.99. The quantitative estimate of drug-likeness (QED) is 0.831. The molecule has 1 aromatic rings. The SMILES string of the molecule is CC(C)NS(=O)(=O)NC1CCC(Oc2ccccc2C#N)CC1. The molecule has 6 nitrogen and oxygen atoms in total. The third kappa shape index (κ3) is 5.50. The lowest BCUT2D eigenvalue weighted by Crippen LogP contribution is -2.47. The van der Waals surface area contributed by atoms with E-state index in [0.717, 1.165) is 25.7 Å². The summed E-state index contributed by atoms with van der Waals surface area (Å²) in [5, 5.41) is 9.08. The number of nitrogens with one attached hydrogen (secondary N) is 2. The maximum Gasteiger partial charge on any atom is 0.277 e. The van der Waals surface area contributed by atoms with Gasteiger partial charge in [0, 0.05) is 12.1 Å². The largest absolute Gasteiger partial charge is 0.489 e. The molecule has 0 radical (unpaired) electrons. The molecule has 7 heteroatoms. The molecule has 1 saturated carbocycles. The summed E-state index contributed by atoms with van der Waals surface area (Å²) in [5.74, 6) is 0.598. The Bertz CT molecular complexity index is 659. The highest BCUT2D eigenvalue weighted by molar-refractivity contribution is 7.87. The van der Waals surface area contributed by atoms with E-state index < -0.39 is 10.2 Å². The number of para-hydroxylation sites is 1. The Morgan fingerprint density at radius 1 is 1.22 bits per heavy atom. The molecule has 0 spiro atoms. The number of nitrogens with zero attached hydrogens (tertiary/aromatic N) is 1. The lowest BCUT2D eigenvalue weighted by molar-refractivity contribution is 0.144. The first-order valence-electron chi connectivity index (χ1n) is 7.85. The maximum atomic E-state index is 11.9. The highest BCUT2D eigenvalue weighted by Crippen LogP contribution is 2.26. The number of benzene rings is 1. The fourth-order valence-corrected chi connectivity index (χ4v) is 4.07. The number of hydrogen-bond donors (Lipinski definition) is 2. The second-order valence-corrected chi connectivity index (χ2v) is 7.57. The van der Waals surface area contributed by atoms with Crippen LogP contribution in [-0.2, 0) is 10.2 Å². The molecule has 2 rings (SSSR count). The van der Waals surface area contributed by atoms with Crippen LogP contribution < -0.4 is 14.2 Å². The van der Waals surface area contributed by atoms with Crippen molar-refractivity contribution in [2.24, 2.45) is 0 Å². The molecule has 0 heterocycles. The average molecular weight is 337 g/mol. The van der Waals surface area contributed by atoms with E-state index in [2.05, 4.69) is 15.5 Å². The molecular weight excluding hydrogens is 314 g/mol. The summed E-state index contributed by atoms with van der Waals surface area (Å²) >= 11 is 0. The van der Waals surface area contributed by atoms with E-state index in [0.29, 0.717) is 11.3 Å². The van der Waals surface area contributed by atoms with Crippen LogP contribution in [0.1, 0.15) is 45.1 Å². The molecule has 1 aromatic carbocycles. The van der Waals surface area contributed by atoms with Gasteiger partial charge in [0.05, 0.1) is 11.7 Å². The van der Waals surface area contributed by atoms with E-state index in [-0.39, 0.29) is 18.2 Å². The minimum Gasteiger partial charge on any atom is -0.489 e. The Morgan fingerprint density at radius 2 is 1.87 bits per heavy atom. The van der Waals surface area contributed by atoms with Crippen LogP contribution in [0.2, 0.25) is 0 Å². The van der Waals surface area contributed by atoms with Crippen LogP contribution in [0.3, 0.4) is 0 Å². The lowest BCUT2D eigenvalue weighted by Gasteiger charge is -2.29. The third-order valence-corrected chi connectivity index (χ3v) is 5.11. The van der Waals surface area contributed by atoms with Crippen molar-refractivity contribution >= 4 is 10.2 Å². The van der Waals surface area contributed by atoms with Crippen LogP contribution in [0.5, 0.6) is 5.75 Å². The lowest BCUT2D eigenvalue weighted by atomic mass is 9.93. The van der Waals surface area contributed by atoms with Gasteiger partial charge in [-0.15, -0.1) is 0 Å². The average Bonchev–Trinajstić information content (AvgIpc) is 2.48. The minimum absolute atomic E-state index is 0.0170. The smallest absolute Gasteiger partial charge is 0.277 e. The number of hydrogen-bond acceptors (Lipinski definition) is 4. The standard InChI is InChI=1S/C16H23N3O3S/c1-12(2)18-23(20,21)19-14-7-9-15(10-8-14)22-16-6-4-3-5-13(16)11-17/h3-6,12,14-15,18-19H,7-10H2,1-2H3. The van der Waals surface area contributed by atoms with E-state index >= 15 is 0 Å². The van der Waals surface area contributed by atoms with Gasteiger partial charge in [0.25, 0.3) is 10.2 Å². The maximum absolute atomic E-state index is 11.9. The van der Waals surface area contributed by atoms with E-state index in [4.69, 9.17) is 10.00 Å². The molecule has 0 unspecified atom stereocenters. The van der Waals surface area contributed by atoms with E-state index in [1.807, 2.05) is 6.07 Å². The van der Waals surface area contributed by atoms with Crippen molar-refractivity contribution in [3.8, 4) is 11.8 Å². The van der Waals surface area contributed by atoms with Gasteiger partial charge in [-0.1, -0.05) is 12.1 Å². The summed E-state index contributed by atoms with van der Waals surface area (Å²) in [7, 11) is -3.45. The molecule has 23 heavy (non-hydrogen) atoms. The summed E-state index contributed by atoms with van der Waals surface area (Å²) in [4.78, 5) is 0. The van der Waals surface area contributed by atoms with Crippen LogP contribution in [0.15, 0.2) is 24.3 Å². The van der Waals surface area contributed by atoms with Gasteiger partial charge >= 0.3 is 0 Å². The van der Waals surface area contributed by atoms with Crippen molar-refractivity contribution in [2.45, 2.75) is 57.7 Å². The van der Waals surface area contributed by atoms with E-state index in [1.54, 1.807) is 32.0 Å². The Morgan fingerprint density at radius 3 is 2.48 bits per heavy atom. The van der Waals surface area contributed by atoms with Gasteiger partial charge < -0.3 is 4.74 Å². The van der Waals surface area contributed by atoms with Gasteiger partial charge in [0.2, 0.25) is 0 Å². The van der Waals surface area contributed by atoms with Crippen molar-refractivity contribution in [2.75, 3.05) is 0 Å². The predicted molar refractivity (Wildman–Crippen MR) is 88.2 cm³/mol. The molecule has 0 amide bonds. The Balaban J connectivity index is 1.86. The summed E-state index contributed by atoms with van der Waals surface area (Å²) in [6.45, 7) is 3.58. The van der Waals surface area contributed by atoms with Crippen LogP contribution in [0.4, 0.5) is 0 Å². The van der Waals surface area contributed by atoms with Crippen molar-refractivity contribution in [1.29, 1.82) is 5.26 Å². The van der Waals surface area contributed by atoms with Gasteiger partial charge in [-0.05, 0) is 51.7 Å². The highest BCUT2D eigenvalue weighted by Gasteiger charge is 2.26. The monoisotopic (exact) mass is 337 g/mol. The summed E-state index contributed by atoms with van der Waals surface area (Å²) in [5.41, 5.74) is 0.524. The first kappa shape index (κ1) is 17.7. The number of rotatable bonds is 6. The Hall–Kier alpha value is -1.62. The molecule has 1 aliphatic carbocycles. The van der Waals surface area contributed by atoms with Gasteiger partial charge in [-0.25, -0.2) is 0 Å². The van der Waals surface area contributed by atoms with Crippen LogP contribution in [-0.4, -0.2) is 26.6 Å². The van der Waals surface area contributed by atoms with E-state index in [1.165, 1.54) is 0 Å². The molecular formula is C16H23N3O3S. The molecule has 126 valence electrons. The normalized spacial score (nSPS) is 21.8. The second-order valence-electron chi connectivity index (χ2n) is 6.09. The van der Waals surface area contributed by atoms with E-state index in [9.17, 15) is 8.42 Å². The first-order valence-corrected chi connectivity index (χ1v) is 9.33. The Labute approximate surface area is 138 Å². The second kappa shape index (κ2) is 7.77. The van der Waals surface area contributed by atoms with Crippen molar-refractivity contribution in [3.63, 3.8) is 0 Å². The van der Waals surface area contributed by atoms with Gasteiger partial charge in [0.1, 0.15) is 11.8 Å². The number of nitriles is 1. The molecule has 0 atom stereocenters. The summed E-state index contributed by atoms with van der Waals surface area (Å²) in [6.07, 6.45) is 2.98. The zero-order chi connectivity index (χ0) is 16.9. The fourth-order valence-electron chi connectivity index (χ4n) is 2.70. The van der Waals surface area contributed by atoms with Crippen LogP contribution in [0, 0.1) is 11.3 Å². The van der Waals surface area contributed by atoms with Crippen molar-refractivity contribution < 1.29 is 13.2 Å². The van der Waals surface area contributed by atoms with Gasteiger partial charge in [0.15, 0.2) is 0 Å². The first-order chi connectivity index (χ1) is 10.9. The zero-order valence-electron chi connectivity index (χ0n) is 13.5. The molecule has 0 bridgehead atoms. The summed E-state index contributed by atoms with van der Waals surface area (Å²) in [6, 6.07) is 9.08. The molecule has 1 fully saturated rings.